The van der Waals surface area contributed by atoms with E-state index in [1.54, 1.807) is 10.4 Å². The minimum atomic E-state index is 0.646. The predicted molar refractivity (Wildman–Crippen MR) is 82.6 cm³/mol. The number of rotatable bonds is 3. The summed E-state index contributed by atoms with van der Waals surface area (Å²) in [6.07, 6.45) is 9.40. The molecule has 1 aromatic heterocycles. The van der Waals surface area contributed by atoms with Crippen molar-refractivity contribution in [3.05, 3.63) is 21.9 Å². The number of hydrogen-bond donors (Lipinski definition) is 1. The van der Waals surface area contributed by atoms with Gasteiger partial charge in [0.25, 0.3) is 0 Å². The van der Waals surface area contributed by atoms with Crippen LogP contribution >= 0.6 is 11.3 Å². The average molecular weight is 278 g/mol. The first-order valence-electron chi connectivity index (χ1n) is 7.79. The van der Waals surface area contributed by atoms with Crippen LogP contribution in [0.2, 0.25) is 0 Å². The van der Waals surface area contributed by atoms with Gasteiger partial charge in [-0.3, -0.25) is 4.90 Å². The summed E-state index contributed by atoms with van der Waals surface area (Å²) in [5.41, 5.74) is 7.62. The van der Waals surface area contributed by atoms with E-state index in [0.717, 1.165) is 6.54 Å². The molecule has 0 saturated heterocycles. The summed E-state index contributed by atoms with van der Waals surface area (Å²) in [4.78, 5) is 4.30. The Labute approximate surface area is 121 Å². The van der Waals surface area contributed by atoms with Gasteiger partial charge in [0, 0.05) is 17.0 Å². The van der Waals surface area contributed by atoms with Crippen molar-refractivity contribution in [2.75, 3.05) is 13.6 Å². The lowest BCUT2D eigenvalue weighted by molar-refractivity contribution is 0.0837. The van der Waals surface area contributed by atoms with E-state index >= 15 is 0 Å². The average Bonchev–Trinajstić information content (AvgIpc) is 2.94. The van der Waals surface area contributed by atoms with Crippen molar-refractivity contribution in [1.29, 1.82) is 0 Å². The summed E-state index contributed by atoms with van der Waals surface area (Å²) in [6.45, 7) is 0.859. The van der Waals surface area contributed by atoms with Crippen molar-refractivity contribution in [3.63, 3.8) is 0 Å². The maximum Gasteiger partial charge on any atom is 0.0359 e. The van der Waals surface area contributed by atoms with Gasteiger partial charge in [0.15, 0.2) is 0 Å². The minimum Gasteiger partial charge on any atom is -0.330 e. The molecular formula is C16H26N2S. The van der Waals surface area contributed by atoms with Gasteiger partial charge in [-0.2, -0.15) is 0 Å². The maximum absolute atomic E-state index is 6.01. The molecule has 2 N–H and O–H groups in total. The number of nitrogens with two attached hydrogens (primary N) is 1. The molecule has 0 bridgehead atoms. The molecule has 2 aliphatic rings. The van der Waals surface area contributed by atoms with E-state index in [4.69, 9.17) is 5.73 Å². The van der Waals surface area contributed by atoms with Gasteiger partial charge in [-0.25, -0.2) is 0 Å². The molecule has 2 nitrogen and oxygen atoms in total. The van der Waals surface area contributed by atoms with Crippen molar-refractivity contribution in [2.24, 2.45) is 11.7 Å². The van der Waals surface area contributed by atoms with E-state index in [0.29, 0.717) is 18.0 Å². The van der Waals surface area contributed by atoms with E-state index in [-0.39, 0.29) is 0 Å². The zero-order valence-electron chi connectivity index (χ0n) is 12.0. The molecule has 3 atom stereocenters. The Kier molecular flexibility index (Phi) is 4.25. The molecule has 0 aliphatic heterocycles. The highest BCUT2D eigenvalue weighted by atomic mass is 32.1. The van der Waals surface area contributed by atoms with Crippen LogP contribution < -0.4 is 5.73 Å². The second kappa shape index (κ2) is 5.94. The third kappa shape index (κ3) is 2.61. The summed E-state index contributed by atoms with van der Waals surface area (Å²) in [5.74, 6) is 0.711. The van der Waals surface area contributed by atoms with Crippen LogP contribution in [0.25, 0.3) is 0 Å². The van der Waals surface area contributed by atoms with Crippen molar-refractivity contribution in [1.82, 2.24) is 4.90 Å². The maximum atomic E-state index is 6.01. The van der Waals surface area contributed by atoms with Crippen LogP contribution in [0.15, 0.2) is 11.4 Å². The van der Waals surface area contributed by atoms with Crippen molar-refractivity contribution in [3.8, 4) is 0 Å². The fourth-order valence-electron chi connectivity index (χ4n) is 4.12. The summed E-state index contributed by atoms with van der Waals surface area (Å²) >= 11 is 1.95. The van der Waals surface area contributed by atoms with Crippen molar-refractivity contribution in [2.45, 2.75) is 57.0 Å². The Morgan fingerprint density at radius 3 is 2.95 bits per heavy atom. The number of nitrogens with zero attached hydrogens (tertiary/aromatic N) is 1. The number of aryl methyl sites for hydroxylation is 1. The zero-order valence-corrected chi connectivity index (χ0v) is 12.8. The van der Waals surface area contributed by atoms with Crippen molar-refractivity contribution < 1.29 is 0 Å². The quantitative estimate of drug-likeness (QED) is 0.916. The summed E-state index contributed by atoms with van der Waals surface area (Å²) in [7, 11) is 2.34. The third-order valence-electron chi connectivity index (χ3n) is 5.21. The molecule has 19 heavy (non-hydrogen) atoms. The van der Waals surface area contributed by atoms with Gasteiger partial charge in [-0.15, -0.1) is 11.3 Å². The van der Waals surface area contributed by atoms with Crippen LogP contribution in [0.3, 0.4) is 0 Å². The normalized spacial score (nSPS) is 31.4. The first-order valence-corrected chi connectivity index (χ1v) is 8.67. The fraction of sp³-hybridized carbons (Fsp3) is 0.750. The van der Waals surface area contributed by atoms with Gasteiger partial charge in [0.2, 0.25) is 0 Å². The highest BCUT2D eigenvalue weighted by Crippen LogP contribution is 2.40. The van der Waals surface area contributed by atoms with Crippen LogP contribution in [-0.2, 0) is 6.42 Å². The smallest absolute Gasteiger partial charge is 0.0359 e. The standard InChI is InChI=1S/C16H26N2S/c1-18(14-6-3-2-5-12(14)11-17)15-7-4-8-16-13(15)9-10-19-16/h9-10,12,14-15H,2-8,11,17H2,1H3. The van der Waals surface area contributed by atoms with Gasteiger partial charge >= 0.3 is 0 Å². The first-order chi connectivity index (χ1) is 9.31. The second-order valence-electron chi connectivity index (χ2n) is 6.22. The largest absolute Gasteiger partial charge is 0.330 e. The Balaban J connectivity index is 1.79. The topological polar surface area (TPSA) is 29.3 Å². The molecular weight excluding hydrogens is 252 g/mol. The predicted octanol–water partition coefficient (Wildman–Crippen LogP) is 3.57. The molecule has 1 heterocycles. The Morgan fingerprint density at radius 2 is 2.11 bits per heavy atom. The Bertz CT molecular complexity index is 415. The summed E-state index contributed by atoms with van der Waals surface area (Å²) < 4.78 is 0. The van der Waals surface area contributed by atoms with Gasteiger partial charge in [0.1, 0.15) is 0 Å². The van der Waals surface area contributed by atoms with Crippen LogP contribution in [0.1, 0.15) is 55.0 Å². The van der Waals surface area contributed by atoms with Crippen LogP contribution in [0, 0.1) is 5.92 Å². The van der Waals surface area contributed by atoms with E-state index in [2.05, 4.69) is 23.4 Å². The number of hydrogen-bond acceptors (Lipinski definition) is 3. The molecule has 106 valence electrons. The molecule has 0 spiro atoms. The molecule has 0 amide bonds. The zero-order chi connectivity index (χ0) is 13.2. The lowest BCUT2D eigenvalue weighted by atomic mass is 9.81. The van der Waals surface area contributed by atoms with E-state index < -0.39 is 0 Å². The summed E-state index contributed by atoms with van der Waals surface area (Å²) in [6, 6.07) is 3.71. The SMILES string of the molecule is CN(C1CCCc2sccc21)C1CCCCC1CN. The Morgan fingerprint density at radius 1 is 1.26 bits per heavy atom. The van der Waals surface area contributed by atoms with Crippen molar-refractivity contribution >= 4 is 11.3 Å². The van der Waals surface area contributed by atoms with Crippen LogP contribution in [0.4, 0.5) is 0 Å². The molecule has 0 aromatic carbocycles. The second-order valence-corrected chi connectivity index (χ2v) is 7.22. The fourth-order valence-corrected chi connectivity index (χ4v) is 5.10. The minimum absolute atomic E-state index is 0.646. The molecule has 1 saturated carbocycles. The lowest BCUT2D eigenvalue weighted by Crippen LogP contribution is -2.45. The summed E-state index contributed by atoms with van der Waals surface area (Å²) in [5, 5.41) is 2.28. The number of fused-ring (bicyclic) bond motifs is 1. The highest BCUT2D eigenvalue weighted by Gasteiger charge is 2.33. The van der Waals surface area contributed by atoms with E-state index in [1.807, 2.05) is 11.3 Å². The highest BCUT2D eigenvalue weighted by molar-refractivity contribution is 7.10. The van der Waals surface area contributed by atoms with Gasteiger partial charge in [0.05, 0.1) is 0 Å². The lowest BCUT2D eigenvalue weighted by Gasteiger charge is -2.43. The number of thiophene rings is 1. The molecule has 2 aliphatic carbocycles. The van der Waals surface area contributed by atoms with Gasteiger partial charge in [-0.05, 0) is 68.6 Å². The Hall–Kier alpha value is -0.380. The van der Waals surface area contributed by atoms with Gasteiger partial charge in [-0.1, -0.05) is 12.8 Å². The molecule has 3 heteroatoms. The third-order valence-corrected chi connectivity index (χ3v) is 6.20. The first kappa shape index (κ1) is 13.6. The monoisotopic (exact) mass is 278 g/mol. The molecule has 3 rings (SSSR count). The van der Waals surface area contributed by atoms with Gasteiger partial charge < -0.3 is 5.73 Å². The molecule has 1 fully saturated rings. The van der Waals surface area contributed by atoms with E-state index in [9.17, 15) is 0 Å². The molecule has 3 unspecified atom stereocenters. The van der Waals surface area contributed by atoms with Crippen LogP contribution in [0.5, 0.6) is 0 Å². The molecule has 0 radical (unpaired) electrons. The van der Waals surface area contributed by atoms with Crippen LogP contribution in [-0.4, -0.2) is 24.5 Å². The molecule has 1 aromatic rings. The van der Waals surface area contributed by atoms with E-state index in [1.165, 1.54) is 44.9 Å².